The molecule has 1 atom stereocenters. The molecule has 2 rings (SSSR count). The van der Waals surface area contributed by atoms with Gasteiger partial charge in [-0.25, -0.2) is 0 Å². The van der Waals surface area contributed by atoms with E-state index >= 15 is 0 Å². The van der Waals surface area contributed by atoms with Crippen LogP contribution in [0.1, 0.15) is 29.6 Å². The van der Waals surface area contributed by atoms with Crippen LogP contribution in [0.3, 0.4) is 0 Å². The lowest BCUT2D eigenvalue weighted by atomic mass is 10.1. The van der Waals surface area contributed by atoms with Crippen molar-refractivity contribution in [3.63, 3.8) is 0 Å². The molecule has 6 heteroatoms. The maximum atomic E-state index is 11.7. The minimum Gasteiger partial charge on any atom is -0.352 e. The zero-order valence-electron chi connectivity index (χ0n) is 10.1. The van der Waals surface area contributed by atoms with Gasteiger partial charge in [-0.05, 0) is 37.9 Å². The van der Waals surface area contributed by atoms with Gasteiger partial charge in [0, 0.05) is 30.5 Å². The molecule has 18 heavy (non-hydrogen) atoms. The van der Waals surface area contributed by atoms with Crippen LogP contribution in [0.4, 0.5) is 0 Å². The van der Waals surface area contributed by atoms with E-state index in [0.29, 0.717) is 11.6 Å². The number of carbonyl (C=O) groups is 1. The van der Waals surface area contributed by atoms with Crippen molar-refractivity contribution in [2.24, 2.45) is 0 Å². The third kappa shape index (κ3) is 5.21. The van der Waals surface area contributed by atoms with Crippen LogP contribution in [-0.4, -0.2) is 30.0 Å². The molecule has 0 radical (unpaired) electrons. The summed E-state index contributed by atoms with van der Waals surface area (Å²) in [5, 5.41) is 6.33. The van der Waals surface area contributed by atoms with Gasteiger partial charge >= 0.3 is 0 Å². The molecule has 0 aliphatic carbocycles. The predicted octanol–water partition coefficient (Wildman–Crippen LogP) is 1.80. The van der Waals surface area contributed by atoms with E-state index in [0.717, 1.165) is 19.5 Å². The van der Waals surface area contributed by atoms with E-state index in [1.807, 2.05) is 0 Å². The summed E-state index contributed by atoms with van der Waals surface area (Å²) in [7, 11) is 0. The molecule has 102 valence electrons. The highest BCUT2D eigenvalue weighted by molar-refractivity contribution is 5.93. The summed E-state index contributed by atoms with van der Waals surface area (Å²) in [6.45, 7) is 1.85. The number of rotatable bonds is 4. The first-order chi connectivity index (χ1) is 7.86. The van der Waals surface area contributed by atoms with E-state index in [1.165, 1.54) is 12.8 Å². The first kappa shape index (κ1) is 17.2. The molecule has 0 saturated carbocycles. The van der Waals surface area contributed by atoms with Crippen molar-refractivity contribution in [2.45, 2.75) is 25.3 Å². The average Bonchev–Trinajstić information content (AvgIpc) is 2.83. The molecule has 1 aliphatic heterocycles. The Kier molecular flexibility index (Phi) is 8.71. The van der Waals surface area contributed by atoms with Gasteiger partial charge < -0.3 is 10.6 Å². The number of hydrogen-bond donors (Lipinski definition) is 2. The molecular weight excluding hydrogens is 273 g/mol. The van der Waals surface area contributed by atoms with Crippen molar-refractivity contribution in [2.75, 3.05) is 13.1 Å². The van der Waals surface area contributed by atoms with Crippen molar-refractivity contribution in [3.05, 3.63) is 30.1 Å². The fourth-order valence-electron chi connectivity index (χ4n) is 1.97. The van der Waals surface area contributed by atoms with Gasteiger partial charge in [0.25, 0.3) is 5.91 Å². The van der Waals surface area contributed by atoms with E-state index in [-0.39, 0.29) is 30.7 Å². The Morgan fingerprint density at radius 3 is 2.72 bits per heavy atom. The Labute approximate surface area is 120 Å². The van der Waals surface area contributed by atoms with Gasteiger partial charge in [0.05, 0.1) is 0 Å². The molecule has 0 aromatic carbocycles. The molecule has 4 nitrogen and oxygen atoms in total. The molecule has 0 unspecified atom stereocenters. The van der Waals surface area contributed by atoms with Crippen molar-refractivity contribution in [3.8, 4) is 0 Å². The smallest absolute Gasteiger partial charge is 0.251 e. The maximum Gasteiger partial charge on any atom is 0.251 e. The van der Waals surface area contributed by atoms with Gasteiger partial charge in [0.2, 0.25) is 0 Å². The predicted molar refractivity (Wildman–Crippen MR) is 76.7 cm³/mol. The average molecular weight is 292 g/mol. The van der Waals surface area contributed by atoms with Crippen molar-refractivity contribution in [1.82, 2.24) is 15.6 Å². The van der Waals surface area contributed by atoms with Gasteiger partial charge in [-0.2, -0.15) is 0 Å². The second kappa shape index (κ2) is 9.14. The molecule has 1 aliphatic rings. The van der Waals surface area contributed by atoms with Gasteiger partial charge in [0.1, 0.15) is 0 Å². The number of hydrogen-bond acceptors (Lipinski definition) is 3. The standard InChI is InChI=1S/C12H17N3O.2ClH/c16-12(10-3-7-13-8-4-10)15-9-5-11-2-1-6-14-11;;/h3-4,7-8,11,14H,1-2,5-6,9H2,(H,15,16);2*1H/t11-;;/m1../s1. The largest absolute Gasteiger partial charge is 0.352 e. The summed E-state index contributed by atoms with van der Waals surface area (Å²) < 4.78 is 0. The van der Waals surface area contributed by atoms with Gasteiger partial charge in [-0.3, -0.25) is 9.78 Å². The summed E-state index contributed by atoms with van der Waals surface area (Å²) in [6.07, 6.45) is 6.76. The number of nitrogens with one attached hydrogen (secondary N) is 2. The third-order valence-electron chi connectivity index (χ3n) is 2.88. The second-order valence-corrected chi connectivity index (χ2v) is 4.07. The van der Waals surface area contributed by atoms with Crippen LogP contribution in [0.2, 0.25) is 0 Å². The topological polar surface area (TPSA) is 54.0 Å². The minimum absolute atomic E-state index is 0. The number of carbonyl (C=O) groups excluding carboxylic acids is 1. The normalized spacial score (nSPS) is 17.4. The molecule has 1 fully saturated rings. The van der Waals surface area contributed by atoms with Crippen LogP contribution in [0.25, 0.3) is 0 Å². The lowest BCUT2D eigenvalue weighted by Gasteiger charge is -2.10. The summed E-state index contributed by atoms with van der Waals surface area (Å²) in [5.41, 5.74) is 0.675. The summed E-state index contributed by atoms with van der Waals surface area (Å²) >= 11 is 0. The molecule has 1 saturated heterocycles. The Balaban J connectivity index is 0.00000144. The van der Waals surface area contributed by atoms with Crippen LogP contribution >= 0.6 is 24.8 Å². The highest BCUT2D eigenvalue weighted by atomic mass is 35.5. The lowest BCUT2D eigenvalue weighted by Crippen LogP contribution is -2.30. The Hall–Kier alpha value is -0.840. The quantitative estimate of drug-likeness (QED) is 0.889. The molecule has 2 heterocycles. The maximum absolute atomic E-state index is 11.7. The number of halogens is 2. The van der Waals surface area contributed by atoms with Crippen LogP contribution in [0.15, 0.2) is 24.5 Å². The highest BCUT2D eigenvalue weighted by Crippen LogP contribution is 2.07. The minimum atomic E-state index is -0.0135. The zero-order valence-corrected chi connectivity index (χ0v) is 11.7. The fraction of sp³-hybridized carbons (Fsp3) is 0.500. The Morgan fingerprint density at radius 1 is 1.39 bits per heavy atom. The van der Waals surface area contributed by atoms with Crippen LogP contribution in [0, 0.1) is 0 Å². The van der Waals surface area contributed by atoms with Crippen molar-refractivity contribution >= 4 is 30.7 Å². The monoisotopic (exact) mass is 291 g/mol. The molecule has 1 amide bonds. The van der Waals surface area contributed by atoms with E-state index in [9.17, 15) is 4.79 Å². The SMILES string of the molecule is Cl.Cl.O=C(NCC[C@H]1CCCN1)c1ccncc1. The third-order valence-corrected chi connectivity index (χ3v) is 2.88. The number of aromatic nitrogens is 1. The lowest BCUT2D eigenvalue weighted by molar-refractivity contribution is 0.0952. The van der Waals surface area contributed by atoms with E-state index in [1.54, 1.807) is 24.5 Å². The molecule has 1 aromatic rings. The molecule has 0 bridgehead atoms. The van der Waals surface area contributed by atoms with E-state index in [4.69, 9.17) is 0 Å². The Bertz CT molecular complexity index is 342. The van der Waals surface area contributed by atoms with Crippen molar-refractivity contribution < 1.29 is 4.79 Å². The first-order valence-corrected chi connectivity index (χ1v) is 5.78. The van der Waals surface area contributed by atoms with Crippen LogP contribution in [0.5, 0.6) is 0 Å². The van der Waals surface area contributed by atoms with Crippen LogP contribution < -0.4 is 10.6 Å². The van der Waals surface area contributed by atoms with Gasteiger partial charge in [-0.15, -0.1) is 24.8 Å². The summed E-state index contributed by atoms with van der Waals surface area (Å²) in [4.78, 5) is 15.5. The number of nitrogens with zero attached hydrogens (tertiary/aromatic N) is 1. The number of pyridine rings is 1. The second-order valence-electron chi connectivity index (χ2n) is 4.07. The summed E-state index contributed by atoms with van der Waals surface area (Å²) in [5.74, 6) is -0.0135. The summed E-state index contributed by atoms with van der Waals surface area (Å²) in [6, 6.07) is 4.03. The molecule has 1 aromatic heterocycles. The highest BCUT2D eigenvalue weighted by Gasteiger charge is 2.13. The van der Waals surface area contributed by atoms with Gasteiger partial charge in [0.15, 0.2) is 0 Å². The molecule has 0 spiro atoms. The number of amides is 1. The molecule has 2 N–H and O–H groups in total. The van der Waals surface area contributed by atoms with Gasteiger partial charge in [-0.1, -0.05) is 0 Å². The van der Waals surface area contributed by atoms with Crippen LogP contribution in [-0.2, 0) is 0 Å². The van der Waals surface area contributed by atoms with E-state index < -0.39 is 0 Å². The van der Waals surface area contributed by atoms with E-state index in [2.05, 4.69) is 15.6 Å². The zero-order chi connectivity index (χ0) is 11.2. The molecular formula is C12H19Cl2N3O. The van der Waals surface area contributed by atoms with Crippen molar-refractivity contribution in [1.29, 1.82) is 0 Å². The fourth-order valence-corrected chi connectivity index (χ4v) is 1.97. The Morgan fingerprint density at radius 2 is 2.11 bits per heavy atom. The first-order valence-electron chi connectivity index (χ1n) is 5.78.